The van der Waals surface area contributed by atoms with E-state index in [1.54, 1.807) is 11.3 Å². The first-order valence-electron chi connectivity index (χ1n) is 8.29. The molecule has 3 heterocycles. The molecular weight excluding hydrogens is 322 g/mol. The average molecular weight is 343 g/mol. The van der Waals surface area contributed by atoms with Gasteiger partial charge in [0.1, 0.15) is 20.9 Å². The summed E-state index contributed by atoms with van der Waals surface area (Å²) >= 11 is 1.64. The number of anilines is 2. The van der Waals surface area contributed by atoms with E-state index < -0.39 is 0 Å². The molecular formula is C16H21N7S. The van der Waals surface area contributed by atoms with Crippen molar-refractivity contribution in [2.75, 3.05) is 37.4 Å². The molecule has 0 bridgehead atoms. The molecule has 3 aromatic heterocycles. The number of nitrogens with zero attached hydrogens (tertiary/aromatic N) is 5. The molecule has 4 rings (SSSR count). The molecule has 1 aliphatic rings. The predicted molar refractivity (Wildman–Crippen MR) is 99.0 cm³/mol. The normalized spacial score (nSPS) is 14.1. The maximum atomic E-state index is 5.60. The molecule has 0 fully saturated rings. The fourth-order valence-corrected chi connectivity index (χ4v) is 4.54. The zero-order valence-electron chi connectivity index (χ0n) is 14.0. The van der Waals surface area contributed by atoms with E-state index in [1.807, 2.05) is 0 Å². The van der Waals surface area contributed by atoms with Crippen LogP contribution in [0.1, 0.15) is 24.0 Å². The van der Waals surface area contributed by atoms with E-state index in [1.165, 1.54) is 29.4 Å². The largest absolute Gasteiger partial charge is 0.366 e. The number of hydrogen-bond donors (Lipinski definition) is 2. The minimum Gasteiger partial charge on any atom is -0.366 e. The van der Waals surface area contributed by atoms with Crippen LogP contribution in [0.3, 0.4) is 0 Å². The van der Waals surface area contributed by atoms with Crippen molar-refractivity contribution in [2.45, 2.75) is 25.7 Å². The van der Waals surface area contributed by atoms with Crippen molar-refractivity contribution < 1.29 is 0 Å². The van der Waals surface area contributed by atoms with E-state index in [0.717, 1.165) is 39.5 Å². The summed E-state index contributed by atoms with van der Waals surface area (Å²) in [5, 5.41) is 16.9. The van der Waals surface area contributed by atoms with Gasteiger partial charge in [-0.15, -0.1) is 21.5 Å². The molecule has 3 N–H and O–H groups in total. The number of fused-ring (bicyclic) bond motifs is 5. The van der Waals surface area contributed by atoms with Crippen LogP contribution in [0.15, 0.2) is 0 Å². The first-order chi connectivity index (χ1) is 11.7. The van der Waals surface area contributed by atoms with Crippen LogP contribution in [0, 0.1) is 0 Å². The van der Waals surface area contributed by atoms with Crippen molar-refractivity contribution in [3.8, 4) is 0 Å². The van der Waals surface area contributed by atoms with E-state index >= 15 is 0 Å². The molecule has 0 atom stereocenters. The van der Waals surface area contributed by atoms with Crippen molar-refractivity contribution in [2.24, 2.45) is 5.73 Å². The average Bonchev–Trinajstić information content (AvgIpc) is 2.98. The lowest BCUT2D eigenvalue weighted by Gasteiger charge is -2.23. The monoisotopic (exact) mass is 343 g/mol. The lowest BCUT2D eigenvalue weighted by atomic mass is 9.90. The van der Waals surface area contributed by atoms with Gasteiger partial charge in [-0.2, -0.15) is 0 Å². The van der Waals surface area contributed by atoms with Gasteiger partial charge >= 0.3 is 0 Å². The fourth-order valence-electron chi connectivity index (χ4n) is 3.44. The van der Waals surface area contributed by atoms with Crippen LogP contribution in [0.5, 0.6) is 0 Å². The van der Waals surface area contributed by atoms with E-state index in [2.05, 4.69) is 39.7 Å². The molecule has 0 saturated heterocycles. The highest BCUT2D eigenvalue weighted by atomic mass is 32.1. The summed E-state index contributed by atoms with van der Waals surface area (Å²) in [5.41, 5.74) is 9.28. The van der Waals surface area contributed by atoms with Crippen molar-refractivity contribution in [1.82, 2.24) is 20.4 Å². The van der Waals surface area contributed by atoms with Crippen LogP contribution >= 0.6 is 11.3 Å². The van der Waals surface area contributed by atoms with Gasteiger partial charge in [0.25, 0.3) is 0 Å². The van der Waals surface area contributed by atoms with Crippen LogP contribution in [-0.4, -0.2) is 47.6 Å². The van der Waals surface area contributed by atoms with Gasteiger partial charge < -0.3 is 16.0 Å². The Morgan fingerprint density at radius 3 is 2.71 bits per heavy atom. The highest BCUT2D eigenvalue weighted by Gasteiger charge is 2.24. The number of nitrogens with two attached hydrogens (primary N) is 1. The molecule has 0 aliphatic heterocycles. The molecule has 0 aromatic carbocycles. The van der Waals surface area contributed by atoms with Crippen LogP contribution in [0.4, 0.5) is 11.6 Å². The van der Waals surface area contributed by atoms with Crippen molar-refractivity contribution in [3.05, 3.63) is 11.1 Å². The van der Waals surface area contributed by atoms with Crippen LogP contribution < -0.4 is 16.0 Å². The topological polar surface area (TPSA) is 92.9 Å². The predicted octanol–water partition coefficient (Wildman–Crippen LogP) is 1.95. The lowest BCUT2D eigenvalue weighted by Crippen LogP contribution is -2.17. The lowest BCUT2D eigenvalue weighted by molar-refractivity contribution is 0.686. The Morgan fingerprint density at radius 2 is 1.96 bits per heavy atom. The third kappa shape index (κ3) is 2.37. The van der Waals surface area contributed by atoms with Gasteiger partial charge in [-0.25, -0.2) is 4.98 Å². The molecule has 1 aliphatic carbocycles. The summed E-state index contributed by atoms with van der Waals surface area (Å²) in [5.74, 6) is 1.84. The van der Waals surface area contributed by atoms with Crippen molar-refractivity contribution in [1.29, 1.82) is 0 Å². The summed E-state index contributed by atoms with van der Waals surface area (Å²) in [6.45, 7) is 1.21. The number of thiophene rings is 1. The number of nitrogens with one attached hydrogen (secondary N) is 1. The van der Waals surface area contributed by atoms with Gasteiger partial charge in [0.05, 0.1) is 0 Å². The van der Waals surface area contributed by atoms with Crippen LogP contribution in [0.25, 0.3) is 20.4 Å². The fraction of sp³-hybridized carbons (Fsp3) is 0.500. The Labute approximate surface area is 144 Å². The number of aromatic nitrogens is 4. The van der Waals surface area contributed by atoms with Gasteiger partial charge in [0.2, 0.25) is 0 Å². The minimum absolute atomic E-state index is 0.550. The number of aryl methyl sites for hydroxylation is 1. The molecule has 3 aromatic rings. The van der Waals surface area contributed by atoms with E-state index in [0.29, 0.717) is 13.1 Å². The van der Waals surface area contributed by atoms with Gasteiger partial charge in [0.15, 0.2) is 5.82 Å². The quantitative estimate of drug-likeness (QED) is 0.748. The van der Waals surface area contributed by atoms with E-state index in [-0.39, 0.29) is 0 Å². The zero-order valence-corrected chi connectivity index (χ0v) is 14.8. The third-order valence-corrected chi connectivity index (χ3v) is 5.56. The SMILES string of the molecule is CN(C)c1nc2sc3c(NCCN)nnnc3c2c2c1CCCC2. The Morgan fingerprint density at radius 1 is 1.17 bits per heavy atom. The van der Waals surface area contributed by atoms with Crippen LogP contribution in [0.2, 0.25) is 0 Å². The van der Waals surface area contributed by atoms with E-state index in [4.69, 9.17) is 10.7 Å². The second-order valence-electron chi connectivity index (χ2n) is 6.31. The molecule has 0 radical (unpaired) electrons. The number of pyridine rings is 1. The number of rotatable bonds is 4. The molecule has 24 heavy (non-hydrogen) atoms. The van der Waals surface area contributed by atoms with Gasteiger partial charge in [0, 0.05) is 32.6 Å². The molecule has 0 saturated carbocycles. The standard InChI is InChI=1S/C16H21N7S/c1-23(2)15-10-6-4-3-5-9(10)11-12-13(24-16(11)19-15)14(18-8-7-17)21-22-20-12/h3-8,17H2,1-2H3,(H,18,20,21). The minimum atomic E-state index is 0.550. The van der Waals surface area contributed by atoms with E-state index in [9.17, 15) is 0 Å². The summed E-state index contributed by atoms with van der Waals surface area (Å²) in [4.78, 5) is 8.08. The Bertz CT molecular complexity index is 902. The van der Waals surface area contributed by atoms with Gasteiger partial charge in [-0.3, -0.25) is 0 Å². The summed E-state index contributed by atoms with van der Waals surface area (Å²) < 4.78 is 1.02. The highest BCUT2D eigenvalue weighted by Crippen LogP contribution is 2.41. The molecule has 7 nitrogen and oxygen atoms in total. The number of hydrogen-bond acceptors (Lipinski definition) is 8. The molecule has 0 unspecified atom stereocenters. The Balaban J connectivity index is 2.02. The maximum absolute atomic E-state index is 5.60. The van der Waals surface area contributed by atoms with Crippen molar-refractivity contribution in [3.63, 3.8) is 0 Å². The molecule has 126 valence electrons. The molecule has 0 spiro atoms. The Hall–Kier alpha value is -2.06. The highest BCUT2D eigenvalue weighted by molar-refractivity contribution is 7.26. The van der Waals surface area contributed by atoms with Gasteiger partial charge in [-0.1, -0.05) is 0 Å². The van der Waals surface area contributed by atoms with Crippen molar-refractivity contribution >= 4 is 43.4 Å². The smallest absolute Gasteiger partial charge is 0.170 e. The van der Waals surface area contributed by atoms with Crippen LogP contribution in [-0.2, 0) is 12.8 Å². The second kappa shape index (κ2) is 6.10. The molecule has 8 heteroatoms. The summed E-state index contributed by atoms with van der Waals surface area (Å²) in [6.07, 6.45) is 4.60. The second-order valence-corrected chi connectivity index (χ2v) is 7.31. The maximum Gasteiger partial charge on any atom is 0.170 e. The zero-order chi connectivity index (χ0) is 16.7. The summed E-state index contributed by atoms with van der Waals surface area (Å²) in [6, 6.07) is 0. The first-order valence-corrected chi connectivity index (χ1v) is 9.11. The summed E-state index contributed by atoms with van der Waals surface area (Å²) in [7, 11) is 4.12. The first kappa shape index (κ1) is 15.5. The third-order valence-electron chi connectivity index (χ3n) is 4.48. The molecule has 0 amide bonds. The van der Waals surface area contributed by atoms with Gasteiger partial charge in [-0.05, 0) is 42.0 Å². The Kier molecular flexibility index (Phi) is 3.93.